The van der Waals surface area contributed by atoms with Crippen LogP contribution in [0.4, 0.5) is 0 Å². The third-order valence-corrected chi connectivity index (χ3v) is 4.13. The van der Waals surface area contributed by atoms with Crippen LogP contribution in [0.3, 0.4) is 0 Å². The summed E-state index contributed by atoms with van der Waals surface area (Å²) in [6.45, 7) is 4.67. The fourth-order valence-electron chi connectivity index (χ4n) is 2.37. The second-order valence-corrected chi connectivity index (χ2v) is 5.51. The quantitative estimate of drug-likeness (QED) is 0.854. The number of carbonyl (C=O) groups is 1. The smallest absolute Gasteiger partial charge is 0.243 e. The van der Waals surface area contributed by atoms with Crippen LogP contribution in [-0.2, 0) is 11.3 Å². The van der Waals surface area contributed by atoms with E-state index in [1.807, 2.05) is 36.9 Å². The Bertz CT molecular complexity index is 422. The molecular formula is C16H24N2O. The maximum atomic E-state index is 12.7. The van der Waals surface area contributed by atoms with Crippen LogP contribution >= 0.6 is 0 Å². The Labute approximate surface area is 115 Å². The molecule has 1 aliphatic rings. The number of hydrogen-bond donors (Lipinski definition) is 1. The molecule has 1 fully saturated rings. The SMILES string of the molecule is CCC(N)(CC)C(=O)N(Cc1ccccc1)C1CC1. The number of nitrogens with zero attached hydrogens (tertiary/aromatic N) is 1. The first kappa shape index (κ1) is 14.1. The third-order valence-electron chi connectivity index (χ3n) is 4.13. The van der Waals surface area contributed by atoms with E-state index in [1.54, 1.807) is 0 Å². The largest absolute Gasteiger partial charge is 0.334 e. The Kier molecular flexibility index (Phi) is 4.25. The van der Waals surface area contributed by atoms with E-state index in [9.17, 15) is 4.79 Å². The summed E-state index contributed by atoms with van der Waals surface area (Å²) in [5, 5.41) is 0. The summed E-state index contributed by atoms with van der Waals surface area (Å²) in [7, 11) is 0. The van der Waals surface area contributed by atoms with Crippen LogP contribution in [0.1, 0.15) is 45.1 Å². The molecule has 1 aromatic carbocycles. The van der Waals surface area contributed by atoms with Gasteiger partial charge in [0.15, 0.2) is 0 Å². The molecule has 0 bridgehead atoms. The van der Waals surface area contributed by atoms with Crippen LogP contribution < -0.4 is 5.73 Å². The molecule has 0 atom stereocenters. The normalized spacial score (nSPS) is 15.3. The van der Waals surface area contributed by atoms with E-state index in [0.717, 1.165) is 12.8 Å². The summed E-state index contributed by atoms with van der Waals surface area (Å²) in [6.07, 6.45) is 3.62. The van der Waals surface area contributed by atoms with Crippen LogP contribution in [0.25, 0.3) is 0 Å². The highest BCUT2D eigenvalue weighted by molar-refractivity contribution is 5.86. The summed E-state index contributed by atoms with van der Waals surface area (Å²) >= 11 is 0. The molecule has 1 aromatic rings. The maximum Gasteiger partial charge on any atom is 0.243 e. The highest BCUT2D eigenvalue weighted by Gasteiger charge is 2.40. The molecule has 1 aliphatic carbocycles. The number of benzene rings is 1. The highest BCUT2D eigenvalue weighted by Crippen LogP contribution is 2.31. The fraction of sp³-hybridized carbons (Fsp3) is 0.562. The number of nitrogens with two attached hydrogens (primary N) is 1. The molecule has 1 saturated carbocycles. The Morgan fingerprint density at radius 2 is 1.84 bits per heavy atom. The van der Waals surface area contributed by atoms with Crippen molar-refractivity contribution in [2.75, 3.05) is 0 Å². The number of amides is 1. The lowest BCUT2D eigenvalue weighted by atomic mass is 9.92. The summed E-state index contributed by atoms with van der Waals surface area (Å²) in [5.74, 6) is 0.115. The molecule has 2 N–H and O–H groups in total. The maximum absolute atomic E-state index is 12.7. The van der Waals surface area contributed by atoms with Crippen LogP contribution in [0.5, 0.6) is 0 Å². The first-order valence-electron chi connectivity index (χ1n) is 7.24. The van der Waals surface area contributed by atoms with Gasteiger partial charge in [-0.15, -0.1) is 0 Å². The standard InChI is InChI=1S/C16H24N2O/c1-3-16(17,4-2)15(19)18(14-10-11-14)12-13-8-6-5-7-9-13/h5-9,14H,3-4,10-12,17H2,1-2H3. The molecule has 0 radical (unpaired) electrons. The Balaban J connectivity index is 2.14. The lowest BCUT2D eigenvalue weighted by Crippen LogP contribution is -2.55. The molecule has 0 saturated heterocycles. The minimum atomic E-state index is -0.697. The van der Waals surface area contributed by atoms with Crippen molar-refractivity contribution in [3.05, 3.63) is 35.9 Å². The molecule has 19 heavy (non-hydrogen) atoms. The fourth-order valence-corrected chi connectivity index (χ4v) is 2.37. The molecule has 3 heteroatoms. The molecule has 0 aliphatic heterocycles. The van der Waals surface area contributed by atoms with Crippen molar-refractivity contribution in [2.45, 2.75) is 57.7 Å². The van der Waals surface area contributed by atoms with Crippen molar-refractivity contribution in [2.24, 2.45) is 5.73 Å². The Morgan fingerprint density at radius 1 is 1.26 bits per heavy atom. The van der Waals surface area contributed by atoms with Gasteiger partial charge in [-0.2, -0.15) is 0 Å². The van der Waals surface area contributed by atoms with E-state index >= 15 is 0 Å². The van der Waals surface area contributed by atoms with Gasteiger partial charge in [0.05, 0.1) is 5.54 Å². The Hall–Kier alpha value is -1.35. The lowest BCUT2D eigenvalue weighted by Gasteiger charge is -2.33. The zero-order valence-corrected chi connectivity index (χ0v) is 11.9. The second-order valence-electron chi connectivity index (χ2n) is 5.51. The van der Waals surface area contributed by atoms with Gasteiger partial charge in [0.1, 0.15) is 0 Å². The van der Waals surface area contributed by atoms with E-state index in [-0.39, 0.29) is 5.91 Å². The van der Waals surface area contributed by atoms with Gasteiger partial charge in [-0.05, 0) is 31.2 Å². The molecule has 1 amide bonds. The zero-order valence-electron chi connectivity index (χ0n) is 11.9. The second kappa shape index (κ2) is 5.74. The molecule has 104 valence electrons. The molecule has 3 nitrogen and oxygen atoms in total. The summed E-state index contributed by atoms with van der Waals surface area (Å²) in [4.78, 5) is 14.7. The van der Waals surface area contributed by atoms with Gasteiger partial charge >= 0.3 is 0 Å². The van der Waals surface area contributed by atoms with Crippen LogP contribution in [0.2, 0.25) is 0 Å². The minimum Gasteiger partial charge on any atom is -0.334 e. The summed E-state index contributed by atoms with van der Waals surface area (Å²) < 4.78 is 0. The van der Waals surface area contributed by atoms with Gasteiger partial charge in [-0.25, -0.2) is 0 Å². The van der Waals surface area contributed by atoms with Crippen LogP contribution in [0.15, 0.2) is 30.3 Å². The van der Waals surface area contributed by atoms with Gasteiger partial charge in [-0.1, -0.05) is 44.2 Å². The predicted molar refractivity (Wildman–Crippen MR) is 77.5 cm³/mol. The van der Waals surface area contributed by atoms with Gasteiger partial charge < -0.3 is 10.6 Å². The van der Waals surface area contributed by atoms with Gasteiger partial charge in [0.25, 0.3) is 0 Å². The van der Waals surface area contributed by atoms with Crippen molar-refractivity contribution in [3.63, 3.8) is 0 Å². The summed E-state index contributed by atoms with van der Waals surface area (Å²) in [6, 6.07) is 10.6. The van der Waals surface area contributed by atoms with E-state index in [1.165, 1.54) is 5.56 Å². The third kappa shape index (κ3) is 3.16. The molecule has 0 spiro atoms. The van der Waals surface area contributed by atoms with Crippen molar-refractivity contribution >= 4 is 5.91 Å². The van der Waals surface area contributed by atoms with Crippen LogP contribution in [-0.4, -0.2) is 22.4 Å². The zero-order chi connectivity index (χ0) is 13.9. The number of rotatable bonds is 6. The average Bonchev–Trinajstić information content (AvgIpc) is 3.29. The molecule has 0 heterocycles. The molecular weight excluding hydrogens is 236 g/mol. The monoisotopic (exact) mass is 260 g/mol. The van der Waals surface area contributed by atoms with Crippen LogP contribution in [0, 0.1) is 0 Å². The first-order valence-corrected chi connectivity index (χ1v) is 7.24. The van der Waals surface area contributed by atoms with Crippen molar-refractivity contribution in [1.29, 1.82) is 0 Å². The van der Waals surface area contributed by atoms with Crippen molar-refractivity contribution < 1.29 is 4.79 Å². The summed E-state index contributed by atoms with van der Waals surface area (Å²) in [5.41, 5.74) is 6.75. The van der Waals surface area contributed by atoms with E-state index in [2.05, 4.69) is 12.1 Å². The van der Waals surface area contributed by atoms with E-state index in [4.69, 9.17) is 5.73 Å². The number of hydrogen-bond acceptors (Lipinski definition) is 2. The molecule has 0 aromatic heterocycles. The minimum absolute atomic E-state index is 0.115. The highest BCUT2D eigenvalue weighted by atomic mass is 16.2. The van der Waals surface area contributed by atoms with E-state index in [0.29, 0.717) is 25.4 Å². The average molecular weight is 260 g/mol. The van der Waals surface area contributed by atoms with Crippen molar-refractivity contribution in [3.8, 4) is 0 Å². The van der Waals surface area contributed by atoms with Crippen molar-refractivity contribution in [1.82, 2.24) is 4.90 Å². The first-order chi connectivity index (χ1) is 9.10. The van der Waals surface area contributed by atoms with Gasteiger partial charge in [0.2, 0.25) is 5.91 Å². The molecule has 0 unspecified atom stereocenters. The van der Waals surface area contributed by atoms with Gasteiger partial charge in [-0.3, -0.25) is 4.79 Å². The molecule has 2 rings (SSSR count). The predicted octanol–water partition coefficient (Wildman–Crippen LogP) is 2.70. The van der Waals surface area contributed by atoms with Gasteiger partial charge in [0, 0.05) is 12.6 Å². The topological polar surface area (TPSA) is 46.3 Å². The number of carbonyl (C=O) groups excluding carboxylic acids is 1. The van der Waals surface area contributed by atoms with E-state index < -0.39 is 5.54 Å². The Morgan fingerprint density at radius 3 is 2.32 bits per heavy atom. The lowest BCUT2D eigenvalue weighted by molar-refractivity contribution is -0.138.